The molecule has 1 aromatic heterocycles. The fourth-order valence-corrected chi connectivity index (χ4v) is 2.01. The fourth-order valence-electron chi connectivity index (χ4n) is 2.01. The van der Waals surface area contributed by atoms with Crippen LogP contribution < -0.4 is 11.5 Å². The predicted molar refractivity (Wildman–Crippen MR) is 69.4 cm³/mol. The number of hydrogen-bond donors (Lipinski definition) is 2. The molecule has 0 aliphatic carbocycles. The third-order valence-electron chi connectivity index (χ3n) is 2.85. The van der Waals surface area contributed by atoms with Gasteiger partial charge in [0.25, 0.3) is 0 Å². The van der Waals surface area contributed by atoms with Crippen molar-refractivity contribution in [3.63, 3.8) is 0 Å². The summed E-state index contributed by atoms with van der Waals surface area (Å²) in [6.07, 6.45) is 2.67. The Labute approximate surface area is 101 Å². The monoisotopic (exact) mass is 228 g/mol. The van der Waals surface area contributed by atoms with Gasteiger partial charge in [0, 0.05) is 17.7 Å². The molecule has 1 atom stereocenters. The highest BCUT2D eigenvalue weighted by atomic mass is 15.0. The Morgan fingerprint density at radius 2 is 1.88 bits per heavy atom. The standard InChI is InChI=1S/C13H16N4/c1-2-10(9-6-4-3-5-7-9)11-8-16-13(15)17-12(11)14/h3-8,10H,2H2,1H3,(H4,14,15,16,17). The number of nitrogens with zero attached hydrogens (tertiary/aromatic N) is 2. The summed E-state index contributed by atoms with van der Waals surface area (Å²) in [5, 5.41) is 0. The number of benzene rings is 1. The molecule has 88 valence electrons. The molecular formula is C13H16N4. The molecule has 0 fully saturated rings. The SMILES string of the molecule is CCC(c1ccccc1)c1cnc(N)nc1N. The first kappa shape index (κ1) is 11.4. The van der Waals surface area contributed by atoms with Gasteiger partial charge in [-0.3, -0.25) is 0 Å². The molecule has 0 aliphatic rings. The van der Waals surface area contributed by atoms with E-state index >= 15 is 0 Å². The maximum Gasteiger partial charge on any atom is 0.221 e. The molecule has 0 radical (unpaired) electrons. The van der Waals surface area contributed by atoms with Crippen molar-refractivity contribution < 1.29 is 0 Å². The van der Waals surface area contributed by atoms with Gasteiger partial charge in [0.05, 0.1) is 0 Å². The lowest BCUT2D eigenvalue weighted by atomic mass is 9.90. The maximum atomic E-state index is 5.90. The first-order chi connectivity index (χ1) is 8.22. The molecule has 0 aliphatic heterocycles. The Morgan fingerprint density at radius 1 is 1.18 bits per heavy atom. The van der Waals surface area contributed by atoms with Gasteiger partial charge >= 0.3 is 0 Å². The summed E-state index contributed by atoms with van der Waals surface area (Å²) >= 11 is 0. The van der Waals surface area contributed by atoms with Crippen molar-refractivity contribution in [2.45, 2.75) is 19.3 Å². The average molecular weight is 228 g/mol. The minimum absolute atomic E-state index is 0.217. The maximum absolute atomic E-state index is 5.90. The van der Waals surface area contributed by atoms with Gasteiger partial charge in [0.2, 0.25) is 5.95 Å². The second kappa shape index (κ2) is 4.82. The van der Waals surface area contributed by atoms with Gasteiger partial charge < -0.3 is 11.5 Å². The lowest BCUT2D eigenvalue weighted by Gasteiger charge is -2.16. The zero-order valence-electron chi connectivity index (χ0n) is 9.80. The summed E-state index contributed by atoms with van der Waals surface area (Å²) in [7, 11) is 0. The van der Waals surface area contributed by atoms with Gasteiger partial charge in [0.1, 0.15) is 5.82 Å². The summed E-state index contributed by atoms with van der Waals surface area (Å²) in [6.45, 7) is 2.12. The minimum Gasteiger partial charge on any atom is -0.383 e. The molecule has 0 saturated heterocycles. The van der Waals surface area contributed by atoms with Crippen molar-refractivity contribution >= 4 is 11.8 Å². The van der Waals surface area contributed by atoms with Crippen LogP contribution in [0.5, 0.6) is 0 Å². The third-order valence-corrected chi connectivity index (χ3v) is 2.85. The van der Waals surface area contributed by atoms with E-state index in [1.54, 1.807) is 6.20 Å². The molecule has 1 aromatic carbocycles. The number of nitrogens with two attached hydrogens (primary N) is 2. The van der Waals surface area contributed by atoms with Gasteiger partial charge in [-0.05, 0) is 12.0 Å². The van der Waals surface area contributed by atoms with Crippen LogP contribution in [0.15, 0.2) is 36.5 Å². The van der Waals surface area contributed by atoms with E-state index in [1.807, 2.05) is 18.2 Å². The van der Waals surface area contributed by atoms with Crippen molar-refractivity contribution in [2.24, 2.45) is 0 Å². The van der Waals surface area contributed by atoms with E-state index < -0.39 is 0 Å². The van der Waals surface area contributed by atoms with E-state index in [9.17, 15) is 0 Å². The molecule has 0 amide bonds. The number of aromatic nitrogens is 2. The molecule has 0 spiro atoms. The van der Waals surface area contributed by atoms with E-state index in [-0.39, 0.29) is 11.9 Å². The van der Waals surface area contributed by atoms with Gasteiger partial charge in [-0.25, -0.2) is 4.98 Å². The van der Waals surface area contributed by atoms with Gasteiger partial charge in [-0.1, -0.05) is 37.3 Å². The van der Waals surface area contributed by atoms with Crippen molar-refractivity contribution in [2.75, 3.05) is 11.5 Å². The number of rotatable bonds is 3. The van der Waals surface area contributed by atoms with Gasteiger partial charge in [-0.15, -0.1) is 0 Å². The Kier molecular flexibility index (Phi) is 3.23. The van der Waals surface area contributed by atoms with Crippen LogP contribution in [0, 0.1) is 0 Å². The fraction of sp³-hybridized carbons (Fsp3) is 0.231. The highest BCUT2D eigenvalue weighted by Crippen LogP contribution is 2.30. The van der Waals surface area contributed by atoms with E-state index in [4.69, 9.17) is 11.5 Å². The highest BCUT2D eigenvalue weighted by Gasteiger charge is 2.16. The minimum atomic E-state index is 0.217. The van der Waals surface area contributed by atoms with Gasteiger partial charge in [0.15, 0.2) is 0 Å². The van der Waals surface area contributed by atoms with Crippen LogP contribution in [0.2, 0.25) is 0 Å². The van der Waals surface area contributed by atoms with Crippen LogP contribution in [0.1, 0.15) is 30.4 Å². The quantitative estimate of drug-likeness (QED) is 0.844. The smallest absolute Gasteiger partial charge is 0.221 e. The third kappa shape index (κ3) is 2.36. The zero-order valence-corrected chi connectivity index (χ0v) is 9.80. The molecule has 0 saturated carbocycles. The molecular weight excluding hydrogens is 212 g/mol. The van der Waals surface area contributed by atoms with Crippen LogP contribution in [-0.2, 0) is 0 Å². The van der Waals surface area contributed by atoms with E-state index in [1.165, 1.54) is 5.56 Å². The van der Waals surface area contributed by atoms with Crippen LogP contribution in [0.4, 0.5) is 11.8 Å². The largest absolute Gasteiger partial charge is 0.383 e. The van der Waals surface area contributed by atoms with E-state index in [0.29, 0.717) is 5.82 Å². The molecule has 4 N–H and O–H groups in total. The zero-order chi connectivity index (χ0) is 12.3. The van der Waals surface area contributed by atoms with Crippen molar-refractivity contribution in [1.82, 2.24) is 9.97 Å². The van der Waals surface area contributed by atoms with E-state index in [2.05, 4.69) is 29.0 Å². The lowest BCUT2D eigenvalue weighted by molar-refractivity contribution is 0.770. The van der Waals surface area contributed by atoms with Crippen LogP contribution in [0.3, 0.4) is 0 Å². The molecule has 17 heavy (non-hydrogen) atoms. The lowest BCUT2D eigenvalue weighted by Crippen LogP contribution is -2.08. The van der Waals surface area contributed by atoms with Crippen LogP contribution in [-0.4, -0.2) is 9.97 Å². The van der Waals surface area contributed by atoms with Crippen LogP contribution >= 0.6 is 0 Å². The van der Waals surface area contributed by atoms with Crippen molar-refractivity contribution in [3.8, 4) is 0 Å². The molecule has 1 unspecified atom stereocenters. The molecule has 4 heteroatoms. The summed E-state index contributed by atoms with van der Waals surface area (Å²) in [6, 6.07) is 10.2. The number of nitrogen functional groups attached to an aromatic ring is 2. The van der Waals surface area contributed by atoms with Crippen molar-refractivity contribution in [1.29, 1.82) is 0 Å². The summed E-state index contributed by atoms with van der Waals surface area (Å²) in [5.41, 5.74) is 13.6. The Bertz CT molecular complexity index is 496. The highest BCUT2D eigenvalue weighted by molar-refractivity contribution is 5.47. The second-order valence-corrected chi connectivity index (χ2v) is 3.94. The summed E-state index contributed by atoms with van der Waals surface area (Å²) in [5.74, 6) is 0.902. The Morgan fingerprint density at radius 3 is 2.47 bits per heavy atom. The summed E-state index contributed by atoms with van der Waals surface area (Å²) < 4.78 is 0. The Balaban J connectivity index is 2.42. The average Bonchev–Trinajstić information content (AvgIpc) is 2.34. The molecule has 4 nitrogen and oxygen atoms in total. The molecule has 0 bridgehead atoms. The second-order valence-electron chi connectivity index (χ2n) is 3.94. The predicted octanol–water partition coefficient (Wildman–Crippen LogP) is 2.18. The molecule has 2 rings (SSSR count). The first-order valence-corrected chi connectivity index (χ1v) is 5.65. The first-order valence-electron chi connectivity index (χ1n) is 5.65. The Hall–Kier alpha value is -2.10. The topological polar surface area (TPSA) is 77.8 Å². The normalized spacial score (nSPS) is 12.3. The number of hydrogen-bond acceptors (Lipinski definition) is 4. The van der Waals surface area contributed by atoms with E-state index in [0.717, 1.165) is 12.0 Å². The van der Waals surface area contributed by atoms with Crippen LogP contribution in [0.25, 0.3) is 0 Å². The molecule has 2 aromatic rings. The van der Waals surface area contributed by atoms with Crippen molar-refractivity contribution in [3.05, 3.63) is 47.7 Å². The number of anilines is 2. The van der Waals surface area contributed by atoms with Gasteiger partial charge in [-0.2, -0.15) is 4.98 Å². The summed E-state index contributed by atoms with van der Waals surface area (Å²) in [4.78, 5) is 8.03. The molecule has 1 heterocycles.